The van der Waals surface area contributed by atoms with E-state index in [-0.39, 0.29) is 23.3 Å². The van der Waals surface area contributed by atoms with Crippen LogP contribution in [0.1, 0.15) is 36.7 Å². The molecular formula is C19H20BrNO4. The van der Waals surface area contributed by atoms with Crippen LogP contribution >= 0.6 is 15.9 Å². The van der Waals surface area contributed by atoms with E-state index in [9.17, 15) is 9.59 Å². The Balaban J connectivity index is 2.03. The van der Waals surface area contributed by atoms with Crippen molar-refractivity contribution in [3.63, 3.8) is 0 Å². The lowest BCUT2D eigenvalue weighted by molar-refractivity contribution is -0.118. The summed E-state index contributed by atoms with van der Waals surface area (Å²) in [5.74, 6) is -0.979. The molecule has 25 heavy (non-hydrogen) atoms. The number of carboxylic acid groups (broad SMARTS) is 1. The normalized spacial score (nSPS) is 11.0. The summed E-state index contributed by atoms with van der Waals surface area (Å²) in [5.41, 5.74) is 1.43. The first-order valence-electron chi connectivity index (χ1n) is 7.73. The molecule has 2 aromatic carbocycles. The highest BCUT2D eigenvalue weighted by Crippen LogP contribution is 2.31. The van der Waals surface area contributed by atoms with Crippen molar-refractivity contribution in [1.82, 2.24) is 0 Å². The highest BCUT2D eigenvalue weighted by Gasteiger charge is 2.16. The van der Waals surface area contributed by atoms with Gasteiger partial charge in [-0.3, -0.25) is 4.79 Å². The largest absolute Gasteiger partial charge is 0.483 e. The highest BCUT2D eigenvalue weighted by atomic mass is 79.9. The van der Waals surface area contributed by atoms with Gasteiger partial charge in [-0.05, 0) is 51.2 Å². The van der Waals surface area contributed by atoms with Gasteiger partial charge in [0.25, 0.3) is 5.91 Å². The number of carbonyl (C=O) groups excluding carboxylic acids is 1. The molecule has 132 valence electrons. The summed E-state index contributed by atoms with van der Waals surface area (Å²) < 4.78 is 6.30. The Morgan fingerprint density at radius 2 is 1.84 bits per heavy atom. The van der Waals surface area contributed by atoms with Gasteiger partial charge in [-0.15, -0.1) is 0 Å². The van der Waals surface area contributed by atoms with E-state index in [1.54, 1.807) is 12.1 Å². The molecule has 1 amide bonds. The molecule has 0 spiro atoms. The highest BCUT2D eigenvalue weighted by molar-refractivity contribution is 9.10. The third-order valence-corrected chi connectivity index (χ3v) is 4.21. The maximum atomic E-state index is 12.1. The fourth-order valence-electron chi connectivity index (χ4n) is 2.19. The minimum absolute atomic E-state index is 0.0129. The van der Waals surface area contributed by atoms with Crippen LogP contribution in [-0.2, 0) is 10.2 Å². The molecule has 0 radical (unpaired) electrons. The van der Waals surface area contributed by atoms with Crippen molar-refractivity contribution in [2.75, 3.05) is 11.9 Å². The predicted molar refractivity (Wildman–Crippen MR) is 100 cm³/mol. The third-order valence-electron chi connectivity index (χ3n) is 3.59. The second kappa shape index (κ2) is 7.70. The van der Waals surface area contributed by atoms with E-state index in [4.69, 9.17) is 9.84 Å². The molecule has 0 aliphatic rings. The number of rotatable bonds is 5. The fraction of sp³-hybridized carbons (Fsp3) is 0.263. The smallest absolute Gasteiger partial charge is 0.337 e. The van der Waals surface area contributed by atoms with E-state index < -0.39 is 11.9 Å². The number of para-hydroxylation sites is 1. The molecule has 2 N–H and O–H groups in total. The molecule has 0 heterocycles. The van der Waals surface area contributed by atoms with Crippen molar-refractivity contribution in [2.24, 2.45) is 0 Å². The zero-order valence-electron chi connectivity index (χ0n) is 14.3. The van der Waals surface area contributed by atoms with Crippen LogP contribution < -0.4 is 10.1 Å². The van der Waals surface area contributed by atoms with Gasteiger partial charge < -0.3 is 15.2 Å². The Morgan fingerprint density at radius 1 is 1.16 bits per heavy atom. The molecule has 0 aliphatic heterocycles. The first kappa shape index (κ1) is 19.0. The summed E-state index contributed by atoms with van der Waals surface area (Å²) in [6.45, 7) is 6.12. The van der Waals surface area contributed by atoms with Gasteiger partial charge in [0.05, 0.1) is 15.7 Å². The molecule has 0 saturated carbocycles. The average molecular weight is 406 g/mol. The second-order valence-corrected chi connectivity index (χ2v) is 7.44. The summed E-state index contributed by atoms with van der Waals surface area (Å²) in [6, 6.07) is 12.0. The molecule has 0 fully saturated rings. The van der Waals surface area contributed by atoms with Gasteiger partial charge in [-0.2, -0.15) is 0 Å². The standard InChI is InChI=1S/C19H20BrNO4/c1-19(2,3)12-8-9-16(14(20)10-12)25-11-17(22)21-15-7-5-4-6-13(15)18(23)24/h4-10H,11H2,1-3H3,(H,21,22)(H,23,24). The van der Waals surface area contributed by atoms with Crippen LogP contribution in [0.15, 0.2) is 46.9 Å². The Labute approximate surface area is 155 Å². The molecule has 2 aromatic rings. The fourth-order valence-corrected chi connectivity index (χ4v) is 2.69. The molecule has 5 nitrogen and oxygen atoms in total. The number of aromatic carboxylic acids is 1. The SMILES string of the molecule is CC(C)(C)c1ccc(OCC(=O)Nc2ccccc2C(=O)O)c(Br)c1. The Morgan fingerprint density at radius 3 is 2.44 bits per heavy atom. The third kappa shape index (κ3) is 5.06. The number of carboxylic acids is 1. The Hall–Kier alpha value is -2.34. The molecule has 0 saturated heterocycles. The van der Waals surface area contributed by atoms with Crippen LogP contribution in [0, 0.1) is 0 Å². The number of carbonyl (C=O) groups is 2. The lowest BCUT2D eigenvalue weighted by Crippen LogP contribution is -2.21. The van der Waals surface area contributed by atoms with E-state index in [0.29, 0.717) is 5.75 Å². The van der Waals surface area contributed by atoms with Gasteiger partial charge in [0.15, 0.2) is 6.61 Å². The summed E-state index contributed by atoms with van der Waals surface area (Å²) >= 11 is 3.45. The number of nitrogens with one attached hydrogen (secondary N) is 1. The van der Waals surface area contributed by atoms with Gasteiger partial charge >= 0.3 is 5.97 Å². The number of ether oxygens (including phenoxy) is 1. The van der Waals surface area contributed by atoms with Crippen LogP contribution in [-0.4, -0.2) is 23.6 Å². The van der Waals surface area contributed by atoms with Crippen LogP contribution in [0.25, 0.3) is 0 Å². The predicted octanol–water partition coefficient (Wildman–Crippen LogP) is 4.46. The van der Waals surface area contributed by atoms with Crippen LogP contribution in [0.2, 0.25) is 0 Å². The Kier molecular flexibility index (Phi) is 5.85. The van der Waals surface area contributed by atoms with E-state index in [2.05, 4.69) is 42.0 Å². The molecule has 0 unspecified atom stereocenters. The number of anilines is 1. The number of halogens is 1. The summed E-state index contributed by atoms with van der Waals surface area (Å²) in [6.07, 6.45) is 0. The van der Waals surface area contributed by atoms with Crippen molar-refractivity contribution in [2.45, 2.75) is 26.2 Å². The Bertz CT molecular complexity index is 796. The molecule has 6 heteroatoms. The van der Waals surface area contributed by atoms with Gasteiger partial charge in [0.1, 0.15) is 5.75 Å². The number of benzene rings is 2. The zero-order valence-corrected chi connectivity index (χ0v) is 15.9. The number of amides is 1. The van der Waals surface area contributed by atoms with Gasteiger partial charge in [-0.25, -0.2) is 4.79 Å². The van der Waals surface area contributed by atoms with Gasteiger partial charge in [0.2, 0.25) is 0 Å². The lowest BCUT2D eigenvalue weighted by Gasteiger charge is -2.20. The monoisotopic (exact) mass is 405 g/mol. The maximum Gasteiger partial charge on any atom is 0.337 e. The van der Waals surface area contributed by atoms with Crippen molar-refractivity contribution >= 4 is 33.5 Å². The molecule has 0 atom stereocenters. The second-order valence-electron chi connectivity index (χ2n) is 6.58. The topological polar surface area (TPSA) is 75.6 Å². The lowest BCUT2D eigenvalue weighted by atomic mass is 9.87. The quantitative estimate of drug-likeness (QED) is 0.769. The summed E-state index contributed by atoms with van der Waals surface area (Å²) in [4.78, 5) is 23.2. The van der Waals surface area contributed by atoms with E-state index in [1.165, 1.54) is 12.1 Å². The van der Waals surface area contributed by atoms with Gasteiger partial charge in [0, 0.05) is 0 Å². The summed E-state index contributed by atoms with van der Waals surface area (Å²) in [7, 11) is 0. The van der Waals surface area contributed by atoms with Crippen LogP contribution in [0.5, 0.6) is 5.75 Å². The zero-order chi connectivity index (χ0) is 18.6. The van der Waals surface area contributed by atoms with Crippen LogP contribution in [0.4, 0.5) is 5.69 Å². The number of hydrogen-bond donors (Lipinski definition) is 2. The number of hydrogen-bond acceptors (Lipinski definition) is 3. The maximum absolute atomic E-state index is 12.1. The first-order chi connectivity index (χ1) is 11.7. The molecule has 0 aliphatic carbocycles. The molecule has 0 bridgehead atoms. The minimum Gasteiger partial charge on any atom is -0.483 e. The average Bonchev–Trinajstić information content (AvgIpc) is 2.53. The molecule has 0 aromatic heterocycles. The summed E-state index contributed by atoms with van der Waals surface area (Å²) in [5, 5.41) is 11.7. The van der Waals surface area contributed by atoms with E-state index in [0.717, 1.165) is 10.0 Å². The minimum atomic E-state index is -1.10. The van der Waals surface area contributed by atoms with E-state index >= 15 is 0 Å². The van der Waals surface area contributed by atoms with Crippen molar-refractivity contribution < 1.29 is 19.4 Å². The van der Waals surface area contributed by atoms with Crippen molar-refractivity contribution in [1.29, 1.82) is 0 Å². The van der Waals surface area contributed by atoms with Crippen molar-refractivity contribution in [3.05, 3.63) is 58.1 Å². The molecule has 2 rings (SSSR count). The van der Waals surface area contributed by atoms with Crippen LogP contribution in [0.3, 0.4) is 0 Å². The van der Waals surface area contributed by atoms with Gasteiger partial charge in [-0.1, -0.05) is 39.0 Å². The van der Waals surface area contributed by atoms with E-state index in [1.807, 2.05) is 18.2 Å². The first-order valence-corrected chi connectivity index (χ1v) is 8.53. The van der Waals surface area contributed by atoms with Crippen molar-refractivity contribution in [3.8, 4) is 5.75 Å². The molecular weight excluding hydrogens is 386 g/mol.